The maximum Gasteiger partial charge on any atom is 0.472 e. The van der Waals surface area contributed by atoms with E-state index in [4.69, 9.17) is 18.5 Å². The van der Waals surface area contributed by atoms with Gasteiger partial charge in [0.25, 0.3) is 0 Å². The lowest BCUT2D eigenvalue weighted by Crippen LogP contribution is -2.64. The number of allylic oxidation sites excluding steroid dienone is 5. The molecule has 1 aliphatic rings. The van der Waals surface area contributed by atoms with Crippen LogP contribution in [0.1, 0.15) is 181 Å². The maximum absolute atomic E-state index is 12.8. The van der Waals surface area contributed by atoms with Crippen molar-refractivity contribution >= 4 is 19.8 Å². The van der Waals surface area contributed by atoms with Crippen molar-refractivity contribution in [2.24, 2.45) is 0 Å². The van der Waals surface area contributed by atoms with Crippen molar-refractivity contribution in [1.82, 2.24) is 0 Å². The van der Waals surface area contributed by atoms with Crippen LogP contribution in [0.3, 0.4) is 0 Å². The molecule has 0 aromatic rings. The van der Waals surface area contributed by atoms with E-state index in [1.807, 2.05) is 12.2 Å². The first kappa shape index (κ1) is 59.0. The molecule has 368 valence electrons. The van der Waals surface area contributed by atoms with Crippen LogP contribution in [0.4, 0.5) is 0 Å². The SMILES string of the molecule is CCCCC/C=C\C/C=C\C/C=C\CC(O)C(O)CCCC(=O)OC[C@H](COP(=O)(O)OC1[C@H](O)[C@H](O)C(O)[C@H](O)[C@H]1O)OC(=O)CCCCCCCCCCCCCCCCC. The lowest BCUT2D eigenvalue weighted by Gasteiger charge is -2.41. The number of hydrogen-bond donors (Lipinski definition) is 8. The number of carbonyl (C=O) groups excluding carboxylic acids is 2. The maximum atomic E-state index is 12.8. The Hall–Kier alpha value is -2.01. The molecule has 10 atom stereocenters. The fraction of sp³-hybridized carbons (Fsp3) is 0.830. The minimum Gasteiger partial charge on any atom is -0.462 e. The Bertz CT molecular complexity index is 1280. The van der Waals surface area contributed by atoms with Crippen molar-refractivity contribution in [3.63, 3.8) is 0 Å². The van der Waals surface area contributed by atoms with E-state index in [9.17, 15) is 54.8 Å². The highest BCUT2D eigenvalue weighted by atomic mass is 31.2. The van der Waals surface area contributed by atoms with Crippen LogP contribution in [0, 0.1) is 0 Å². The number of phosphoric ester groups is 1. The zero-order valence-corrected chi connectivity index (χ0v) is 39.2. The third-order valence-electron chi connectivity index (χ3n) is 11.2. The van der Waals surface area contributed by atoms with Crippen molar-refractivity contribution < 1.29 is 73.3 Å². The first-order chi connectivity index (χ1) is 30.2. The van der Waals surface area contributed by atoms with Crippen LogP contribution < -0.4 is 0 Å². The van der Waals surface area contributed by atoms with Gasteiger partial charge in [0, 0.05) is 12.8 Å². The van der Waals surface area contributed by atoms with Crippen molar-refractivity contribution in [2.75, 3.05) is 13.2 Å². The average molecular weight is 921 g/mol. The van der Waals surface area contributed by atoms with Gasteiger partial charge in [0.2, 0.25) is 0 Å². The Labute approximate surface area is 377 Å². The van der Waals surface area contributed by atoms with Crippen LogP contribution in [0.25, 0.3) is 0 Å². The average Bonchev–Trinajstić information content (AvgIpc) is 3.26. The second-order valence-corrected chi connectivity index (χ2v) is 18.3. The Morgan fingerprint density at radius 1 is 0.556 bits per heavy atom. The molecule has 1 rings (SSSR count). The van der Waals surface area contributed by atoms with Crippen LogP contribution in [0.5, 0.6) is 0 Å². The third-order valence-corrected chi connectivity index (χ3v) is 12.2. The van der Waals surface area contributed by atoms with E-state index >= 15 is 0 Å². The van der Waals surface area contributed by atoms with Crippen molar-refractivity contribution in [3.8, 4) is 0 Å². The van der Waals surface area contributed by atoms with Crippen LogP contribution in [-0.2, 0) is 32.7 Å². The number of hydrogen-bond acceptors (Lipinski definition) is 14. The second-order valence-electron chi connectivity index (χ2n) is 16.9. The summed E-state index contributed by atoms with van der Waals surface area (Å²) in [7, 11) is -5.19. The zero-order chi connectivity index (χ0) is 46.7. The van der Waals surface area contributed by atoms with Gasteiger partial charge < -0.3 is 50.1 Å². The standard InChI is InChI=1S/C47H85O15P/c1-3-5-7-9-11-13-15-17-18-19-21-23-25-27-29-33-41(51)61-37(36-60-63(57,58)62-47-45(55)43(53)42(52)44(54)46(47)56)35-59-40(50)34-30-32-39(49)38(48)31-28-26-24-22-20-16-14-12-10-8-6-4-2/h12,14,20,22,26,28,37-39,42-49,52-56H,3-11,13,15-19,21,23-25,27,29-36H2,1-2H3,(H,57,58)/b14-12-,22-20-,28-26-/t37-,38?,39?,42?,43-,44+,45-,46-,47?/m1/s1. The Balaban J connectivity index is 2.55. The van der Waals surface area contributed by atoms with Crippen molar-refractivity contribution in [3.05, 3.63) is 36.5 Å². The summed E-state index contributed by atoms with van der Waals surface area (Å²) in [5.74, 6) is -1.38. The molecule has 0 radical (unpaired) electrons. The quantitative estimate of drug-likeness (QED) is 0.0130. The van der Waals surface area contributed by atoms with Gasteiger partial charge in [-0.25, -0.2) is 4.57 Å². The largest absolute Gasteiger partial charge is 0.472 e. The number of phosphoric acid groups is 1. The van der Waals surface area contributed by atoms with Gasteiger partial charge in [-0.1, -0.05) is 153 Å². The number of unbranched alkanes of at least 4 members (excludes halogenated alkanes) is 17. The van der Waals surface area contributed by atoms with Crippen molar-refractivity contribution in [1.29, 1.82) is 0 Å². The Kier molecular flexibility index (Phi) is 34.8. The number of ether oxygens (including phenoxy) is 2. The van der Waals surface area contributed by atoms with Crippen LogP contribution >= 0.6 is 7.82 Å². The molecule has 0 spiro atoms. The summed E-state index contributed by atoms with van der Waals surface area (Å²) in [6.07, 6.45) is 20.6. The lowest BCUT2D eigenvalue weighted by molar-refractivity contribution is -0.220. The smallest absolute Gasteiger partial charge is 0.462 e. The molecule has 15 nitrogen and oxygen atoms in total. The molecule has 0 aromatic heterocycles. The van der Waals surface area contributed by atoms with Crippen LogP contribution in [0.2, 0.25) is 0 Å². The van der Waals surface area contributed by atoms with E-state index in [0.29, 0.717) is 12.8 Å². The molecular weight excluding hydrogens is 835 g/mol. The van der Waals surface area contributed by atoms with Gasteiger partial charge in [-0.3, -0.25) is 18.6 Å². The fourth-order valence-corrected chi connectivity index (χ4v) is 8.13. The highest BCUT2D eigenvalue weighted by Gasteiger charge is 2.51. The van der Waals surface area contributed by atoms with Gasteiger partial charge in [-0.15, -0.1) is 0 Å². The van der Waals surface area contributed by atoms with Gasteiger partial charge in [0.1, 0.15) is 43.2 Å². The number of aliphatic hydroxyl groups excluding tert-OH is 7. The zero-order valence-electron chi connectivity index (χ0n) is 38.3. The van der Waals surface area contributed by atoms with E-state index < -0.39 is 87.9 Å². The van der Waals surface area contributed by atoms with E-state index in [1.165, 1.54) is 83.5 Å². The molecule has 16 heteroatoms. The molecule has 0 bridgehead atoms. The van der Waals surface area contributed by atoms with Gasteiger partial charge >= 0.3 is 19.8 Å². The summed E-state index contributed by atoms with van der Waals surface area (Å²) >= 11 is 0. The van der Waals surface area contributed by atoms with E-state index in [-0.39, 0.29) is 32.1 Å². The number of aliphatic hydroxyl groups is 7. The van der Waals surface area contributed by atoms with Crippen molar-refractivity contribution in [2.45, 2.75) is 236 Å². The van der Waals surface area contributed by atoms with E-state index in [2.05, 4.69) is 32.1 Å². The molecule has 1 fully saturated rings. The predicted octanol–water partition coefficient (Wildman–Crippen LogP) is 7.33. The minimum absolute atomic E-state index is 0.0392. The summed E-state index contributed by atoms with van der Waals surface area (Å²) in [5, 5.41) is 70.9. The summed E-state index contributed by atoms with van der Waals surface area (Å²) in [4.78, 5) is 35.8. The molecule has 0 heterocycles. The van der Waals surface area contributed by atoms with Gasteiger partial charge in [0.15, 0.2) is 6.10 Å². The molecule has 0 aromatic carbocycles. The first-order valence-electron chi connectivity index (χ1n) is 24.0. The second kappa shape index (κ2) is 37.1. The molecule has 5 unspecified atom stereocenters. The van der Waals surface area contributed by atoms with Crippen LogP contribution in [-0.4, -0.2) is 121 Å². The third kappa shape index (κ3) is 29.3. The molecule has 1 aliphatic carbocycles. The lowest BCUT2D eigenvalue weighted by atomic mass is 9.85. The van der Waals surface area contributed by atoms with E-state index in [1.54, 1.807) is 6.08 Å². The molecule has 8 N–H and O–H groups in total. The minimum atomic E-state index is -5.19. The highest BCUT2D eigenvalue weighted by molar-refractivity contribution is 7.47. The summed E-state index contributed by atoms with van der Waals surface area (Å²) in [6, 6.07) is 0. The van der Waals surface area contributed by atoms with Gasteiger partial charge in [0.05, 0.1) is 18.8 Å². The number of carbonyl (C=O) groups is 2. The highest BCUT2D eigenvalue weighted by Crippen LogP contribution is 2.47. The van der Waals surface area contributed by atoms with Crippen LogP contribution in [0.15, 0.2) is 36.5 Å². The molecule has 0 amide bonds. The molecular formula is C47H85O15P. The molecule has 0 saturated heterocycles. The summed E-state index contributed by atoms with van der Waals surface area (Å²) in [6.45, 7) is 3.03. The normalized spacial score (nSPS) is 23.0. The van der Waals surface area contributed by atoms with Gasteiger partial charge in [-0.2, -0.15) is 0 Å². The molecule has 1 saturated carbocycles. The predicted molar refractivity (Wildman–Crippen MR) is 242 cm³/mol. The van der Waals surface area contributed by atoms with E-state index in [0.717, 1.165) is 38.5 Å². The number of esters is 2. The van der Waals surface area contributed by atoms with Gasteiger partial charge in [-0.05, 0) is 51.4 Å². The molecule has 63 heavy (non-hydrogen) atoms. The Morgan fingerprint density at radius 3 is 1.57 bits per heavy atom. The summed E-state index contributed by atoms with van der Waals surface area (Å²) in [5.41, 5.74) is 0. The molecule has 0 aliphatic heterocycles. The Morgan fingerprint density at radius 2 is 1.02 bits per heavy atom. The topological polar surface area (TPSA) is 250 Å². The number of rotatable bonds is 39. The summed E-state index contributed by atoms with van der Waals surface area (Å²) < 4.78 is 33.4. The first-order valence-corrected chi connectivity index (χ1v) is 25.5. The monoisotopic (exact) mass is 921 g/mol. The fourth-order valence-electron chi connectivity index (χ4n) is 7.16.